The molecule has 0 heterocycles. The lowest BCUT2D eigenvalue weighted by Crippen LogP contribution is -2.30. The first-order valence-corrected chi connectivity index (χ1v) is 45.5. The zero-order valence-corrected chi connectivity index (χ0v) is 68.0. The molecule has 17 nitrogen and oxygen atoms in total. The molecule has 2 unspecified atom stereocenters. The molecular weight excluding hydrogens is 1320 g/mol. The van der Waals surface area contributed by atoms with E-state index in [1.807, 2.05) is 0 Å². The van der Waals surface area contributed by atoms with Gasteiger partial charge in [-0.15, -0.1) is 0 Å². The fourth-order valence-corrected chi connectivity index (χ4v) is 14.3. The molecule has 0 fully saturated rings. The van der Waals surface area contributed by atoms with Crippen LogP contribution in [0.1, 0.15) is 433 Å². The maximum atomic E-state index is 13.1. The summed E-state index contributed by atoms with van der Waals surface area (Å²) in [5.41, 5.74) is 0. The molecule has 0 aromatic carbocycles. The minimum absolute atomic E-state index is 0.108. The van der Waals surface area contributed by atoms with Crippen LogP contribution in [-0.2, 0) is 65.4 Å². The highest BCUT2D eigenvalue weighted by Crippen LogP contribution is 2.45. The Balaban J connectivity index is 5.24. The van der Waals surface area contributed by atoms with E-state index in [4.69, 9.17) is 37.0 Å². The number of hydrogen-bond donors (Lipinski definition) is 3. The fraction of sp³-hybridized carbons (Fsp3) is 0.951. The van der Waals surface area contributed by atoms with E-state index in [9.17, 15) is 43.2 Å². The number of carbonyl (C=O) groups is 4. The maximum absolute atomic E-state index is 13.1. The van der Waals surface area contributed by atoms with Crippen molar-refractivity contribution >= 4 is 39.5 Å². The molecule has 0 amide bonds. The lowest BCUT2D eigenvalue weighted by molar-refractivity contribution is -0.161. The first-order chi connectivity index (χ1) is 48.9. The number of aliphatic hydroxyl groups is 1. The summed E-state index contributed by atoms with van der Waals surface area (Å²) >= 11 is 0. The molecule has 5 atom stereocenters. The molecule has 101 heavy (non-hydrogen) atoms. The number of aliphatic hydroxyl groups excluding tert-OH is 1. The van der Waals surface area contributed by atoms with Gasteiger partial charge in [0.2, 0.25) is 0 Å². The fourth-order valence-electron chi connectivity index (χ4n) is 12.7. The van der Waals surface area contributed by atoms with Gasteiger partial charge in [0.05, 0.1) is 26.4 Å². The van der Waals surface area contributed by atoms with Crippen LogP contribution in [0.5, 0.6) is 0 Å². The summed E-state index contributed by atoms with van der Waals surface area (Å²) in [7, 11) is -9.92. The van der Waals surface area contributed by atoms with Crippen molar-refractivity contribution in [1.29, 1.82) is 0 Å². The van der Waals surface area contributed by atoms with Crippen molar-refractivity contribution in [2.75, 3.05) is 39.6 Å². The predicted octanol–water partition coefficient (Wildman–Crippen LogP) is 24.7. The number of hydrogen-bond acceptors (Lipinski definition) is 15. The van der Waals surface area contributed by atoms with Crippen LogP contribution < -0.4 is 0 Å². The van der Waals surface area contributed by atoms with Crippen molar-refractivity contribution in [3.63, 3.8) is 0 Å². The van der Waals surface area contributed by atoms with Crippen LogP contribution in [0.15, 0.2) is 0 Å². The van der Waals surface area contributed by atoms with Crippen molar-refractivity contribution in [2.24, 2.45) is 11.8 Å². The number of ether oxygens (including phenoxy) is 4. The largest absolute Gasteiger partial charge is 0.472 e. The highest BCUT2D eigenvalue weighted by Gasteiger charge is 2.30. The minimum atomic E-state index is -4.96. The van der Waals surface area contributed by atoms with Crippen molar-refractivity contribution in [3.8, 4) is 0 Å². The van der Waals surface area contributed by atoms with Gasteiger partial charge < -0.3 is 33.8 Å². The second kappa shape index (κ2) is 73.6. The molecule has 0 rings (SSSR count). The average molecular weight is 1480 g/mol. The second-order valence-corrected chi connectivity index (χ2v) is 33.4. The molecule has 0 saturated heterocycles. The molecule has 0 aromatic rings. The van der Waals surface area contributed by atoms with E-state index >= 15 is 0 Å². The minimum Gasteiger partial charge on any atom is -0.462 e. The quantitative estimate of drug-likeness (QED) is 0.0222. The van der Waals surface area contributed by atoms with Crippen LogP contribution in [0.25, 0.3) is 0 Å². The predicted molar refractivity (Wildman–Crippen MR) is 414 cm³/mol. The summed E-state index contributed by atoms with van der Waals surface area (Å²) in [6, 6.07) is 0. The van der Waals surface area contributed by atoms with Gasteiger partial charge in [0.25, 0.3) is 0 Å². The number of phosphoric acid groups is 2. The summed E-state index contributed by atoms with van der Waals surface area (Å²) in [4.78, 5) is 73.1. The summed E-state index contributed by atoms with van der Waals surface area (Å²) in [5, 5.41) is 10.6. The number of phosphoric ester groups is 2. The van der Waals surface area contributed by atoms with Crippen LogP contribution in [0.2, 0.25) is 0 Å². The Hall–Kier alpha value is -1.94. The molecule has 0 aromatic heterocycles. The van der Waals surface area contributed by atoms with Gasteiger partial charge in [-0.25, -0.2) is 9.13 Å². The van der Waals surface area contributed by atoms with Crippen LogP contribution in [0.3, 0.4) is 0 Å². The van der Waals surface area contributed by atoms with Crippen LogP contribution in [0.4, 0.5) is 0 Å². The van der Waals surface area contributed by atoms with Crippen molar-refractivity contribution in [1.82, 2.24) is 0 Å². The van der Waals surface area contributed by atoms with Gasteiger partial charge in [-0.3, -0.25) is 37.3 Å². The van der Waals surface area contributed by atoms with Gasteiger partial charge in [0.15, 0.2) is 12.2 Å². The highest BCUT2D eigenvalue weighted by atomic mass is 31.2. The third-order valence-corrected chi connectivity index (χ3v) is 21.1. The van der Waals surface area contributed by atoms with E-state index in [1.165, 1.54) is 250 Å². The molecule has 0 aliphatic heterocycles. The summed E-state index contributed by atoms with van der Waals surface area (Å²) in [5.74, 6) is -0.496. The molecule has 0 saturated carbocycles. The first-order valence-electron chi connectivity index (χ1n) is 42.5. The molecule has 3 N–H and O–H groups in total. The Kier molecular flexibility index (Phi) is 72.2. The van der Waals surface area contributed by atoms with E-state index in [-0.39, 0.29) is 25.7 Å². The Bertz CT molecular complexity index is 1940. The first kappa shape index (κ1) is 99.1. The number of rotatable bonds is 81. The normalized spacial score (nSPS) is 13.9. The molecular formula is C82H160O17P2. The van der Waals surface area contributed by atoms with Crippen LogP contribution in [0, 0.1) is 11.8 Å². The van der Waals surface area contributed by atoms with Gasteiger partial charge in [-0.1, -0.05) is 382 Å². The van der Waals surface area contributed by atoms with Gasteiger partial charge >= 0.3 is 39.5 Å². The number of carbonyl (C=O) groups excluding carboxylic acids is 4. The lowest BCUT2D eigenvalue weighted by Gasteiger charge is -2.21. The topological polar surface area (TPSA) is 237 Å². The van der Waals surface area contributed by atoms with E-state index in [0.29, 0.717) is 25.7 Å². The lowest BCUT2D eigenvalue weighted by atomic mass is 10.0. The summed E-state index contributed by atoms with van der Waals surface area (Å²) in [6.07, 6.45) is 63.7. The van der Waals surface area contributed by atoms with E-state index in [1.54, 1.807) is 0 Å². The van der Waals surface area contributed by atoms with E-state index < -0.39 is 97.5 Å². The zero-order chi connectivity index (χ0) is 74.2. The van der Waals surface area contributed by atoms with Gasteiger partial charge in [-0.05, 0) is 37.5 Å². The van der Waals surface area contributed by atoms with Gasteiger partial charge in [-0.2, -0.15) is 0 Å². The van der Waals surface area contributed by atoms with Crippen molar-refractivity contribution < 1.29 is 80.2 Å². The Morgan fingerprint density at radius 3 is 0.673 bits per heavy atom. The standard InChI is InChI=1S/C82H160O17P2/c1-7-9-11-13-15-17-19-20-23-31-36-42-48-54-60-66-81(86)98-77(70-92-79(84)64-58-52-46-40-18-16-14-12-10-8-2)72-96-100(88,89)94-68-76(83)69-95-101(90,91)97-73-78(99-82(87)67-61-55-49-43-37-32-27-22-25-29-34-39-45-51-57-63-75(5)6)71-93-80(85)65-59-53-47-41-35-30-26-21-24-28-33-38-44-50-56-62-74(3)4/h74-78,83H,7-73H2,1-6H3,(H,88,89)(H,90,91)/t76-,77+,78+/m0/s1. The molecule has 0 spiro atoms. The smallest absolute Gasteiger partial charge is 0.462 e. The van der Waals surface area contributed by atoms with Crippen LogP contribution in [-0.4, -0.2) is 96.7 Å². The monoisotopic (exact) mass is 1480 g/mol. The van der Waals surface area contributed by atoms with Crippen LogP contribution >= 0.6 is 15.6 Å². The summed E-state index contributed by atoms with van der Waals surface area (Å²) < 4.78 is 68.8. The average Bonchev–Trinajstić information content (AvgIpc) is 1.13. The molecule has 0 radical (unpaired) electrons. The van der Waals surface area contributed by atoms with Gasteiger partial charge in [0, 0.05) is 25.7 Å². The highest BCUT2D eigenvalue weighted by molar-refractivity contribution is 7.47. The SMILES string of the molecule is CCCCCCCCCCCCCCCCCC(=O)O[C@H](COC(=O)CCCCCCCCCCCC)COP(=O)(O)OC[C@H](O)COP(=O)(O)OC[C@@H](COC(=O)CCCCCCCCCCCCCCCCCC(C)C)OC(=O)CCCCCCCCCCCCCCCCCC(C)C. The molecule has 19 heteroatoms. The Labute approximate surface area is 619 Å². The molecule has 0 aliphatic carbocycles. The van der Waals surface area contributed by atoms with E-state index in [0.717, 1.165) is 102 Å². The number of unbranched alkanes of at least 4 members (excludes halogenated alkanes) is 51. The maximum Gasteiger partial charge on any atom is 0.472 e. The molecule has 0 aliphatic rings. The third-order valence-electron chi connectivity index (χ3n) is 19.2. The van der Waals surface area contributed by atoms with Gasteiger partial charge in [0.1, 0.15) is 19.3 Å². The Morgan fingerprint density at radius 2 is 0.455 bits per heavy atom. The Morgan fingerprint density at radius 1 is 0.267 bits per heavy atom. The third kappa shape index (κ3) is 76.1. The zero-order valence-electron chi connectivity index (χ0n) is 66.2. The van der Waals surface area contributed by atoms with Crippen molar-refractivity contribution in [3.05, 3.63) is 0 Å². The number of esters is 4. The summed E-state index contributed by atoms with van der Waals surface area (Å²) in [6.45, 7) is 9.70. The van der Waals surface area contributed by atoms with Crippen molar-refractivity contribution in [2.45, 2.75) is 452 Å². The van der Waals surface area contributed by atoms with E-state index in [2.05, 4.69) is 41.5 Å². The molecule has 600 valence electrons. The second-order valence-electron chi connectivity index (χ2n) is 30.5. The molecule has 0 bridgehead atoms.